The molecule has 2 N–H and O–H groups in total. The van der Waals surface area contributed by atoms with E-state index < -0.39 is 0 Å². The molecule has 0 aliphatic carbocycles. The van der Waals surface area contributed by atoms with Gasteiger partial charge in [0.05, 0.1) is 11.9 Å². The van der Waals surface area contributed by atoms with Gasteiger partial charge in [0.25, 0.3) is 5.91 Å². The smallest absolute Gasteiger partial charge is 0.274 e. The number of amides is 1. The van der Waals surface area contributed by atoms with Crippen LogP contribution in [0.15, 0.2) is 36.5 Å². The third kappa shape index (κ3) is 3.95. The Morgan fingerprint density at radius 3 is 2.67 bits per heavy atom. The van der Waals surface area contributed by atoms with Crippen molar-refractivity contribution in [1.29, 1.82) is 0 Å². The molecule has 6 heteroatoms. The predicted molar refractivity (Wildman–Crippen MR) is 93.0 cm³/mol. The summed E-state index contributed by atoms with van der Waals surface area (Å²) >= 11 is 0. The summed E-state index contributed by atoms with van der Waals surface area (Å²) in [7, 11) is 0. The van der Waals surface area contributed by atoms with Gasteiger partial charge in [0.15, 0.2) is 11.5 Å². The topological polar surface area (TPSA) is 72.5 Å². The summed E-state index contributed by atoms with van der Waals surface area (Å²) in [4.78, 5) is 16.5. The number of anilines is 2. The molecule has 3 rings (SSSR count). The minimum atomic E-state index is -0.258. The number of unbranched alkanes of at least 4 members (excludes halogenated alkanes) is 1. The number of fused-ring (bicyclic) bond motifs is 1. The quantitative estimate of drug-likeness (QED) is 0.796. The van der Waals surface area contributed by atoms with Crippen molar-refractivity contribution in [2.24, 2.45) is 0 Å². The lowest BCUT2D eigenvalue weighted by atomic mass is 10.2. The van der Waals surface area contributed by atoms with Crippen molar-refractivity contribution in [1.82, 2.24) is 4.98 Å². The first-order valence-corrected chi connectivity index (χ1v) is 8.17. The summed E-state index contributed by atoms with van der Waals surface area (Å²) in [5, 5.41) is 6.09. The third-order valence-electron chi connectivity index (χ3n) is 3.66. The average molecular weight is 327 g/mol. The van der Waals surface area contributed by atoms with Gasteiger partial charge in [-0.05, 0) is 30.7 Å². The van der Waals surface area contributed by atoms with Crippen LogP contribution in [-0.2, 0) is 0 Å². The molecule has 0 saturated heterocycles. The molecular formula is C18H21N3O3. The molecule has 6 nitrogen and oxygen atoms in total. The minimum absolute atomic E-state index is 0.258. The highest BCUT2D eigenvalue weighted by molar-refractivity contribution is 6.03. The molecule has 0 bridgehead atoms. The Morgan fingerprint density at radius 1 is 1.12 bits per heavy atom. The largest absolute Gasteiger partial charge is 0.486 e. The van der Waals surface area contributed by atoms with Crippen LogP contribution in [0.3, 0.4) is 0 Å². The van der Waals surface area contributed by atoms with Crippen molar-refractivity contribution in [2.75, 3.05) is 30.4 Å². The highest BCUT2D eigenvalue weighted by Gasteiger charge is 2.14. The van der Waals surface area contributed by atoms with Crippen molar-refractivity contribution in [3.63, 3.8) is 0 Å². The van der Waals surface area contributed by atoms with Gasteiger partial charge < -0.3 is 20.1 Å². The minimum Gasteiger partial charge on any atom is -0.486 e. The Labute approximate surface area is 141 Å². The Kier molecular flexibility index (Phi) is 5.15. The van der Waals surface area contributed by atoms with Gasteiger partial charge in [-0.2, -0.15) is 0 Å². The van der Waals surface area contributed by atoms with Crippen LogP contribution >= 0.6 is 0 Å². The maximum atomic E-state index is 12.3. The van der Waals surface area contributed by atoms with E-state index in [1.54, 1.807) is 30.5 Å². The van der Waals surface area contributed by atoms with Crippen LogP contribution in [-0.4, -0.2) is 30.6 Å². The predicted octanol–water partition coefficient (Wildman–Crippen LogP) is 3.32. The molecule has 1 aromatic carbocycles. The van der Waals surface area contributed by atoms with Gasteiger partial charge in [0.1, 0.15) is 18.9 Å². The first-order valence-electron chi connectivity index (χ1n) is 8.17. The van der Waals surface area contributed by atoms with E-state index in [1.165, 1.54) is 0 Å². The second-order valence-electron chi connectivity index (χ2n) is 5.53. The molecule has 2 heterocycles. The summed E-state index contributed by atoms with van der Waals surface area (Å²) < 4.78 is 11.0. The van der Waals surface area contributed by atoms with E-state index in [9.17, 15) is 4.79 Å². The van der Waals surface area contributed by atoms with E-state index in [0.717, 1.165) is 25.1 Å². The number of benzene rings is 1. The zero-order valence-electron chi connectivity index (χ0n) is 13.7. The van der Waals surface area contributed by atoms with Crippen LogP contribution in [0, 0.1) is 0 Å². The summed E-state index contributed by atoms with van der Waals surface area (Å²) in [5.74, 6) is 1.08. The standard InChI is InChI=1S/C18H21N3O3/c1-2-3-8-19-14-4-6-15(20-12-14)18(22)21-13-5-7-16-17(11-13)24-10-9-23-16/h4-7,11-12,19H,2-3,8-10H2,1H3,(H,21,22). The Balaban J connectivity index is 1.62. The molecule has 0 fully saturated rings. The summed E-state index contributed by atoms with van der Waals surface area (Å²) in [6, 6.07) is 8.90. The fourth-order valence-corrected chi connectivity index (χ4v) is 2.36. The lowest BCUT2D eigenvalue weighted by Gasteiger charge is -2.18. The van der Waals surface area contributed by atoms with Gasteiger partial charge in [-0.3, -0.25) is 4.79 Å². The van der Waals surface area contributed by atoms with Gasteiger partial charge in [0, 0.05) is 18.3 Å². The number of carbonyl (C=O) groups excluding carboxylic acids is 1. The van der Waals surface area contributed by atoms with Crippen LogP contribution in [0.25, 0.3) is 0 Å². The van der Waals surface area contributed by atoms with Crippen molar-refractivity contribution in [3.8, 4) is 11.5 Å². The van der Waals surface area contributed by atoms with Crippen molar-refractivity contribution in [3.05, 3.63) is 42.2 Å². The molecule has 1 amide bonds. The molecule has 0 saturated carbocycles. The fourth-order valence-electron chi connectivity index (χ4n) is 2.36. The maximum Gasteiger partial charge on any atom is 0.274 e. The number of nitrogens with one attached hydrogen (secondary N) is 2. The molecule has 24 heavy (non-hydrogen) atoms. The van der Waals surface area contributed by atoms with Gasteiger partial charge >= 0.3 is 0 Å². The number of hydrogen-bond acceptors (Lipinski definition) is 5. The molecule has 1 aliphatic heterocycles. The number of pyridine rings is 1. The highest BCUT2D eigenvalue weighted by atomic mass is 16.6. The second kappa shape index (κ2) is 7.68. The van der Waals surface area contributed by atoms with E-state index >= 15 is 0 Å². The van der Waals surface area contributed by atoms with Crippen LogP contribution in [0.2, 0.25) is 0 Å². The maximum absolute atomic E-state index is 12.3. The number of nitrogens with zero attached hydrogens (tertiary/aromatic N) is 1. The van der Waals surface area contributed by atoms with Gasteiger partial charge in [-0.25, -0.2) is 4.98 Å². The molecule has 2 aromatic rings. The van der Waals surface area contributed by atoms with E-state index in [1.807, 2.05) is 6.07 Å². The Hall–Kier alpha value is -2.76. The fraction of sp³-hybridized carbons (Fsp3) is 0.333. The Morgan fingerprint density at radius 2 is 1.92 bits per heavy atom. The first-order chi connectivity index (χ1) is 11.8. The van der Waals surface area contributed by atoms with Crippen molar-refractivity contribution in [2.45, 2.75) is 19.8 Å². The van der Waals surface area contributed by atoms with E-state index in [4.69, 9.17) is 9.47 Å². The second-order valence-corrected chi connectivity index (χ2v) is 5.53. The number of ether oxygens (including phenoxy) is 2. The lowest BCUT2D eigenvalue weighted by molar-refractivity contribution is 0.102. The van der Waals surface area contributed by atoms with Crippen LogP contribution in [0.1, 0.15) is 30.3 Å². The Bertz CT molecular complexity index is 701. The first kappa shape index (κ1) is 16.1. The molecular weight excluding hydrogens is 306 g/mol. The average Bonchev–Trinajstić information content (AvgIpc) is 2.62. The molecule has 0 atom stereocenters. The zero-order valence-corrected chi connectivity index (χ0v) is 13.7. The lowest BCUT2D eigenvalue weighted by Crippen LogP contribution is -2.17. The number of hydrogen-bond donors (Lipinski definition) is 2. The summed E-state index contributed by atoms with van der Waals surface area (Å²) in [6.45, 7) is 4.10. The van der Waals surface area contributed by atoms with Gasteiger partial charge in [0.2, 0.25) is 0 Å². The van der Waals surface area contributed by atoms with Crippen LogP contribution in [0.5, 0.6) is 11.5 Å². The van der Waals surface area contributed by atoms with Crippen LogP contribution < -0.4 is 20.1 Å². The molecule has 1 aliphatic rings. The molecule has 126 valence electrons. The van der Waals surface area contributed by atoms with E-state index in [2.05, 4.69) is 22.5 Å². The highest BCUT2D eigenvalue weighted by Crippen LogP contribution is 2.32. The van der Waals surface area contributed by atoms with Crippen molar-refractivity contribution < 1.29 is 14.3 Å². The monoisotopic (exact) mass is 327 g/mol. The zero-order chi connectivity index (χ0) is 16.8. The van der Waals surface area contributed by atoms with E-state index in [-0.39, 0.29) is 5.91 Å². The third-order valence-corrected chi connectivity index (χ3v) is 3.66. The SMILES string of the molecule is CCCCNc1ccc(C(=O)Nc2ccc3c(c2)OCCO3)nc1. The molecule has 0 unspecified atom stereocenters. The summed E-state index contributed by atoms with van der Waals surface area (Å²) in [6.07, 6.45) is 3.91. The molecule has 1 aromatic heterocycles. The van der Waals surface area contributed by atoms with E-state index in [0.29, 0.717) is 36.1 Å². The van der Waals surface area contributed by atoms with Gasteiger partial charge in [-0.15, -0.1) is 0 Å². The van der Waals surface area contributed by atoms with Crippen molar-refractivity contribution >= 4 is 17.3 Å². The number of aromatic nitrogens is 1. The van der Waals surface area contributed by atoms with Crippen LogP contribution in [0.4, 0.5) is 11.4 Å². The van der Waals surface area contributed by atoms with Gasteiger partial charge in [-0.1, -0.05) is 13.3 Å². The number of carbonyl (C=O) groups is 1. The normalized spacial score (nSPS) is 12.5. The number of rotatable bonds is 6. The molecule has 0 radical (unpaired) electrons. The molecule has 0 spiro atoms. The summed E-state index contributed by atoms with van der Waals surface area (Å²) in [5.41, 5.74) is 1.93.